The lowest BCUT2D eigenvalue weighted by Crippen LogP contribution is -2.39. The van der Waals surface area contributed by atoms with Gasteiger partial charge in [-0.3, -0.25) is 4.79 Å². The average Bonchev–Trinajstić information content (AvgIpc) is 2.80. The summed E-state index contributed by atoms with van der Waals surface area (Å²) >= 11 is 0. The van der Waals surface area contributed by atoms with Crippen LogP contribution in [-0.4, -0.2) is 35.0 Å². The largest absolute Gasteiger partial charge is 0.467 e. The number of methoxy groups -OCH3 is 1. The van der Waals surface area contributed by atoms with E-state index < -0.39 is 23.7 Å². The first kappa shape index (κ1) is 12.9. The van der Waals surface area contributed by atoms with E-state index in [1.165, 1.54) is 26.6 Å². The van der Waals surface area contributed by atoms with Crippen molar-refractivity contribution < 1.29 is 18.7 Å². The Morgan fingerprint density at radius 1 is 1.65 bits per heavy atom. The molecule has 17 heavy (non-hydrogen) atoms. The maximum Gasteiger partial charge on any atom is 0.328 e. The fraction of sp³-hybridized carbons (Fsp3) is 0.300. The van der Waals surface area contributed by atoms with E-state index in [-0.39, 0.29) is 0 Å². The SMILES string of the molecule is COC(=O)[C@@H](C)NC(=O)/C(F)=C/c1cnc[nH]1. The maximum absolute atomic E-state index is 13.3. The Morgan fingerprint density at radius 2 is 2.35 bits per heavy atom. The zero-order chi connectivity index (χ0) is 12.8. The van der Waals surface area contributed by atoms with Crippen LogP contribution in [0.1, 0.15) is 12.6 Å². The molecule has 0 saturated heterocycles. The number of esters is 1. The lowest BCUT2D eigenvalue weighted by atomic mass is 10.3. The summed E-state index contributed by atoms with van der Waals surface area (Å²) in [5.41, 5.74) is 0.350. The number of halogens is 1. The molecule has 7 heteroatoms. The minimum Gasteiger partial charge on any atom is -0.467 e. The molecule has 1 heterocycles. The van der Waals surface area contributed by atoms with Gasteiger partial charge in [-0.05, 0) is 6.92 Å². The predicted octanol–water partition coefficient (Wildman–Crippen LogP) is 0.398. The Kier molecular flexibility index (Phi) is 4.38. The molecule has 0 saturated carbocycles. The van der Waals surface area contributed by atoms with E-state index in [0.717, 1.165) is 6.08 Å². The molecular weight excluding hydrogens is 229 g/mol. The van der Waals surface area contributed by atoms with E-state index in [1.54, 1.807) is 0 Å². The topological polar surface area (TPSA) is 84.1 Å². The summed E-state index contributed by atoms with van der Waals surface area (Å²) in [5, 5.41) is 2.15. The highest BCUT2D eigenvalue weighted by atomic mass is 19.1. The van der Waals surface area contributed by atoms with Crippen LogP contribution < -0.4 is 5.32 Å². The third kappa shape index (κ3) is 3.71. The van der Waals surface area contributed by atoms with Crippen molar-refractivity contribution in [3.05, 3.63) is 24.0 Å². The zero-order valence-electron chi connectivity index (χ0n) is 9.36. The number of nitrogens with one attached hydrogen (secondary N) is 2. The fourth-order valence-corrected chi connectivity index (χ4v) is 1.05. The number of carbonyl (C=O) groups excluding carboxylic acids is 2. The van der Waals surface area contributed by atoms with E-state index in [9.17, 15) is 14.0 Å². The minimum absolute atomic E-state index is 0.350. The van der Waals surface area contributed by atoms with Gasteiger partial charge in [0.25, 0.3) is 5.91 Å². The van der Waals surface area contributed by atoms with Gasteiger partial charge in [0.05, 0.1) is 25.3 Å². The standard InChI is InChI=1S/C10H12FN3O3/c1-6(10(16)17-2)14-9(15)8(11)3-7-4-12-5-13-7/h3-6H,1-2H3,(H,12,13)(H,14,15)/b8-3-/t6-/m1/s1. The van der Waals surface area contributed by atoms with Crippen molar-refractivity contribution in [1.82, 2.24) is 15.3 Å². The Hall–Kier alpha value is -2.18. The minimum atomic E-state index is -1.02. The molecule has 0 aromatic carbocycles. The van der Waals surface area contributed by atoms with Gasteiger partial charge in [-0.1, -0.05) is 0 Å². The van der Waals surface area contributed by atoms with Gasteiger partial charge in [0.15, 0.2) is 5.83 Å². The summed E-state index contributed by atoms with van der Waals surface area (Å²) < 4.78 is 17.7. The lowest BCUT2D eigenvalue weighted by molar-refractivity contribution is -0.144. The van der Waals surface area contributed by atoms with Crippen LogP contribution in [0.2, 0.25) is 0 Å². The number of rotatable bonds is 4. The third-order valence-corrected chi connectivity index (χ3v) is 1.92. The van der Waals surface area contributed by atoms with Crippen LogP contribution in [0.25, 0.3) is 6.08 Å². The van der Waals surface area contributed by atoms with Crippen LogP contribution in [0.5, 0.6) is 0 Å². The summed E-state index contributed by atoms with van der Waals surface area (Å²) in [4.78, 5) is 28.6. The van der Waals surface area contributed by atoms with E-state index in [0.29, 0.717) is 5.69 Å². The zero-order valence-corrected chi connectivity index (χ0v) is 9.36. The molecule has 0 bridgehead atoms. The maximum atomic E-state index is 13.3. The lowest BCUT2D eigenvalue weighted by Gasteiger charge is -2.09. The highest BCUT2D eigenvalue weighted by Crippen LogP contribution is 2.04. The summed E-state index contributed by atoms with van der Waals surface area (Å²) in [5.74, 6) is -2.66. The smallest absolute Gasteiger partial charge is 0.328 e. The third-order valence-electron chi connectivity index (χ3n) is 1.92. The number of ether oxygens (including phenoxy) is 1. The van der Waals surface area contributed by atoms with Crippen LogP contribution in [0, 0.1) is 0 Å². The van der Waals surface area contributed by atoms with Crippen LogP contribution >= 0.6 is 0 Å². The Bertz CT molecular complexity index is 428. The number of aromatic amines is 1. The fourth-order valence-electron chi connectivity index (χ4n) is 1.05. The number of H-pyrrole nitrogens is 1. The molecular formula is C10H12FN3O3. The van der Waals surface area contributed by atoms with Gasteiger partial charge in [-0.25, -0.2) is 14.2 Å². The normalized spacial score (nSPS) is 13.0. The molecule has 0 aliphatic heterocycles. The first-order valence-electron chi connectivity index (χ1n) is 4.79. The molecule has 92 valence electrons. The molecule has 6 nitrogen and oxygen atoms in total. The van der Waals surface area contributed by atoms with E-state index in [1.807, 2.05) is 0 Å². The summed E-state index contributed by atoms with van der Waals surface area (Å²) in [6.45, 7) is 1.40. The van der Waals surface area contributed by atoms with Crippen molar-refractivity contribution in [2.75, 3.05) is 7.11 Å². The monoisotopic (exact) mass is 241 g/mol. The number of nitrogens with zero attached hydrogens (tertiary/aromatic N) is 1. The highest BCUT2D eigenvalue weighted by Gasteiger charge is 2.18. The molecule has 1 amide bonds. The molecule has 1 aromatic heterocycles. The Labute approximate surface area is 96.9 Å². The van der Waals surface area contributed by atoms with Gasteiger partial charge >= 0.3 is 5.97 Å². The molecule has 2 N–H and O–H groups in total. The van der Waals surface area contributed by atoms with E-state index in [4.69, 9.17) is 0 Å². The van der Waals surface area contributed by atoms with Gasteiger partial charge in [0.1, 0.15) is 6.04 Å². The number of hydrogen-bond donors (Lipinski definition) is 2. The molecule has 1 aromatic rings. The molecule has 1 atom stereocenters. The summed E-state index contributed by atoms with van der Waals surface area (Å²) in [6, 6.07) is -0.909. The Morgan fingerprint density at radius 3 is 2.88 bits per heavy atom. The van der Waals surface area contributed by atoms with Crippen LogP contribution in [0.4, 0.5) is 4.39 Å². The van der Waals surface area contributed by atoms with E-state index in [2.05, 4.69) is 20.0 Å². The number of amides is 1. The molecule has 1 rings (SSSR count). The summed E-state index contributed by atoms with van der Waals surface area (Å²) in [7, 11) is 1.18. The second-order valence-corrected chi connectivity index (χ2v) is 3.22. The number of aromatic nitrogens is 2. The summed E-state index contributed by atoms with van der Waals surface area (Å²) in [6.07, 6.45) is 3.69. The number of imidazole rings is 1. The molecule has 0 aliphatic rings. The average molecular weight is 241 g/mol. The molecule has 0 aliphatic carbocycles. The first-order chi connectivity index (χ1) is 8.04. The number of hydrogen-bond acceptors (Lipinski definition) is 4. The first-order valence-corrected chi connectivity index (χ1v) is 4.79. The van der Waals surface area contributed by atoms with Crippen LogP contribution in [0.15, 0.2) is 18.4 Å². The van der Waals surface area contributed by atoms with Crippen molar-refractivity contribution in [2.24, 2.45) is 0 Å². The van der Waals surface area contributed by atoms with Gasteiger partial charge in [-0.15, -0.1) is 0 Å². The quantitative estimate of drug-likeness (QED) is 0.590. The van der Waals surface area contributed by atoms with Gasteiger partial charge in [0.2, 0.25) is 0 Å². The molecule has 0 spiro atoms. The van der Waals surface area contributed by atoms with Crippen molar-refractivity contribution >= 4 is 18.0 Å². The predicted molar refractivity (Wildman–Crippen MR) is 57.3 cm³/mol. The van der Waals surface area contributed by atoms with E-state index >= 15 is 0 Å². The van der Waals surface area contributed by atoms with Crippen LogP contribution in [-0.2, 0) is 14.3 Å². The van der Waals surface area contributed by atoms with Gasteiger partial charge in [-0.2, -0.15) is 0 Å². The van der Waals surface area contributed by atoms with Crippen LogP contribution in [0.3, 0.4) is 0 Å². The highest BCUT2D eigenvalue weighted by molar-refractivity contribution is 5.97. The second kappa shape index (κ2) is 5.78. The van der Waals surface area contributed by atoms with Gasteiger partial charge in [0, 0.05) is 6.08 Å². The Balaban J connectivity index is 2.62. The molecule has 0 radical (unpaired) electrons. The second-order valence-electron chi connectivity index (χ2n) is 3.22. The molecule has 0 unspecified atom stereocenters. The van der Waals surface area contributed by atoms with Crippen molar-refractivity contribution in [2.45, 2.75) is 13.0 Å². The molecule has 0 fully saturated rings. The van der Waals surface area contributed by atoms with Crippen molar-refractivity contribution in [3.63, 3.8) is 0 Å². The number of carbonyl (C=O) groups is 2. The van der Waals surface area contributed by atoms with Gasteiger partial charge < -0.3 is 15.0 Å². The van der Waals surface area contributed by atoms with Crippen molar-refractivity contribution in [3.8, 4) is 0 Å². The van der Waals surface area contributed by atoms with Crippen molar-refractivity contribution in [1.29, 1.82) is 0 Å².